The fraction of sp³-hybridized carbons (Fsp3) is 0.267. The van der Waals surface area contributed by atoms with Crippen molar-refractivity contribution in [3.63, 3.8) is 0 Å². The monoisotopic (exact) mass is 211 g/mol. The second kappa shape index (κ2) is 4.48. The van der Waals surface area contributed by atoms with Gasteiger partial charge in [-0.3, -0.25) is 0 Å². The van der Waals surface area contributed by atoms with Gasteiger partial charge in [0.1, 0.15) is 0 Å². The van der Waals surface area contributed by atoms with Crippen molar-refractivity contribution in [3.05, 3.63) is 47.5 Å². The summed E-state index contributed by atoms with van der Waals surface area (Å²) in [6, 6.07) is 12.7. The van der Waals surface area contributed by atoms with Crippen LogP contribution < -0.4 is 0 Å². The molecular weight excluding hydrogens is 194 g/mol. The molecule has 1 nitrogen and oxygen atoms in total. The summed E-state index contributed by atoms with van der Waals surface area (Å²) in [6.07, 6.45) is 2.28. The SMILES string of the molecule is CCCc1ccc2cccc(C(C)=N)c2c1. The predicted molar refractivity (Wildman–Crippen MR) is 70.4 cm³/mol. The summed E-state index contributed by atoms with van der Waals surface area (Å²) in [5.41, 5.74) is 3.05. The topological polar surface area (TPSA) is 23.9 Å². The molecule has 0 spiro atoms. The normalized spacial score (nSPS) is 10.6. The zero-order valence-corrected chi connectivity index (χ0v) is 9.88. The second-order valence-electron chi connectivity index (χ2n) is 4.24. The van der Waals surface area contributed by atoms with E-state index < -0.39 is 0 Å². The van der Waals surface area contributed by atoms with Crippen LogP contribution in [-0.4, -0.2) is 5.71 Å². The number of aryl methyl sites for hydroxylation is 1. The average Bonchev–Trinajstić information content (AvgIpc) is 2.28. The van der Waals surface area contributed by atoms with Crippen molar-refractivity contribution in [2.75, 3.05) is 0 Å². The van der Waals surface area contributed by atoms with Crippen LogP contribution in [0.5, 0.6) is 0 Å². The molecule has 2 rings (SSSR count). The molecule has 16 heavy (non-hydrogen) atoms. The molecule has 0 amide bonds. The van der Waals surface area contributed by atoms with E-state index in [9.17, 15) is 0 Å². The molecular formula is C15H17N. The van der Waals surface area contributed by atoms with Gasteiger partial charge in [-0.1, -0.05) is 49.7 Å². The minimum atomic E-state index is 0.638. The highest BCUT2D eigenvalue weighted by Crippen LogP contribution is 2.21. The Balaban J connectivity index is 2.63. The van der Waals surface area contributed by atoms with E-state index in [2.05, 4.69) is 31.2 Å². The smallest absolute Gasteiger partial charge is 0.0361 e. The molecule has 0 aliphatic heterocycles. The van der Waals surface area contributed by atoms with Gasteiger partial charge in [-0.2, -0.15) is 0 Å². The zero-order chi connectivity index (χ0) is 11.5. The fourth-order valence-corrected chi connectivity index (χ4v) is 2.09. The lowest BCUT2D eigenvalue weighted by Crippen LogP contribution is -1.94. The summed E-state index contributed by atoms with van der Waals surface area (Å²) >= 11 is 0. The van der Waals surface area contributed by atoms with E-state index in [1.165, 1.54) is 16.3 Å². The Bertz CT molecular complexity index is 526. The Morgan fingerprint density at radius 1 is 1.19 bits per heavy atom. The van der Waals surface area contributed by atoms with Gasteiger partial charge in [0.2, 0.25) is 0 Å². The van der Waals surface area contributed by atoms with Crippen molar-refractivity contribution in [2.45, 2.75) is 26.7 Å². The van der Waals surface area contributed by atoms with Crippen LogP contribution in [0.15, 0.2) is 36.4 Å². The highest BCUT2D eigenvalue weighted by atomic mass is 14.4. The van der Waals surface area contributed by atoms with Crippen molar-refractivity contribution in [1.82, 2.24) is 0 Å². The lowest BCUT2D eigenvalue weighted by molar-refractivity contribution is 0.924. The quantitative estimate of drug-likeness (QED) is 0.736. The third kappa shape index (κ3) is 1.99. The highest BCUT2D eigenvalue weighted by Gasteiger charge is 2.03. The molecule has 0 bridgehead atoms. The van der Waals surface area contributed by atoms with Gasteiger partial charge in [-0.05, 0) is 29.7 Å². The van der Waals surface area contributed by atoms with Crippen LogP contribution in [0, 0.1) is 5.41 Å². The molecule has 1 N–H and O–H groups in total. The van der Waals surface area contributed by atoms with Crippen molar-refractivity contribution >= 4 is 16.5 Å². The highest BCUT2D eigenvalue weighted by molar-refractivity contribution is 6.08. The van der Waals surface area contributed by atoms with Gasteiger partial charge in [0.15, 0.2) is 0 Å². The van der Waals surface area contributed by atoms with Crippen LogP contribution in [0.3, 0.4) is 0 Å². The van der Waals surface area contributed by atoms with Crippen LogP contribution in [0.25, 0.3) is 10.8 Å². The molecule has 0 unspecified atom stereocenters. The van der Waals surface area contributed by atoms with Crippen LogP contribution in [0.2, 0.25) is 0 Å². The molecule has 0 atom stereocenters. The number of nitrogens with one attached hydrogen (secondary N) is 1. The Kier molecular flexibility index (Phi) is 3.04. The fourth-order valence-electron chi connectivity index (χ4n) is 2.09. The molecule has 0 saturated heterocycles. The summed E-state index contributed by atoms with van der Waals surface area (Å²) < 4.78 is 0. The first kappa shape index (κ1) is 10.9. The first-order valence-corrected chi connectivity index (χ1v) is 5.79. The lowest BCUT2D eigenvalue weighted by atomic mass is 9.98. The van der Waals surface area contributed by atoms with Gasteiger partial charge in [0.05, 0.1) is 0 Å². The Labute approximate surface area is 96.6 Å². The number of hydrogen-bond donors (Lipinski definition) is 1. The van der Waals surface area contributed by atoms with E-state index >= 15 is 0 Å². The van der Waals surface area contributed by atoms with E-state index in [-0.39, 0.29) is 0 Å². The molecule has 1 heteroatoms. The van der Waals surface area contributed by atoms with E-state index in [1.807, 2.05) is 19.1 Å². The van der Waals surface area contributed by atoms with Gasteiger partial charge < -0.3 is 5.41 Å². The molecule has 0 aliphatic carbocycles. The summed E-state index contributed by atoms with van der Waals surface area (Å²) in [5.74, 6) is 0. The Morgan fingerprint density at radius 3 is 2.69 bits per heavy atom. The largest absolute Gasteiger partial charge is 0.305 e. The predicted octanol–water partition coefficient (Wildman–Crippen LogP) is 4.18. The molecule has 0 aromatic heterocycles. The zero-order valence-electron chi connectivity index (χ0n) is 9.88. The molecule has 2 aromatic rings. The molecule has 0 fully saturated rings. The maximum absolute atomic E-state index is 7.79. The molecule has 0 saturated carbocycles. The molecule has 0 aliphatic rings. The van der Waals surface area contributed by atoms with Gasteiger partial charge in [-0.15, -0.1) is 0 Å². The summed E-state index contributed by atoms with van der Waals surface area (Å²) in [5, 5.41) is 10.2. The van der Waals surface area contributed by atoms with E-state index in [4.69, 9.17) is 5.41 Å². The van der Waals surface area contributed by atoms with E-state index in [0.29, 0.717) is 5.71 Å². The van der Waals surface area contributed by atoms with Crippen molar-refractivity contribution in [2.24, 2.45) is 0 Å². The third-order valence-corrected chi connectivity index (χ3v) is 2.89. The summed E-state index contributed by atoms with van der Waals surface area (Å²) in [4.78, 5) is 0. The van der Waals surface area contributed by atoms with Crippen molar-refractivity contribution < 1.29 is 0 Å². The molecule has 0 heterocycles. The average molecular weight is 211 g/mol. The van der Waals surface area contributed by atoms with Crippen molar-refractivity contribution in [3.8, 4) is 0 Å². The number of benzene rings is 2. The molecule has 0 radical (unpaired) electrons. The first-order valence-electron chi connectivity index (χ1n) is 5.79. The van der Waals surface area contributed by atoms with Crippen molar-refractivity contribution in [1.29, 1.82) is 5.41 Å². The minimum Gasteiger partial charge on any atom is -0.305 e. The van der Waals surface area contributed by atoms with Crippen LogP contribution in [0.1, 0.15) is 31.4 Å². The minimum absolute atomic E-state index is 0.638. The Morgan fingerprint density at radius 2 is 2.00 bits per heavy atom. The third-order valence-electron chi connectivity index (χ3n) is 2.89. The summed E-state index contributed by atoms with van der Waals surface area (Å²) in [7, 11) is 0. The lowest BCUT2D eigenvalue weighted by Gasteiger charge is -2.07. The number of hydrogen-bond acceptors (Lipinski definition) is 1. The number of rotatable bonds is 3. The van der Waals surface area contributed by atoms with Gasteiger partial charge in [-0.25, -0.2) is 0 Å². The number of fused-ring (bicyclic) bond motifs is 1. The van der Waals surface area contributed by atoms with E-state index in [0.717, 1.165) is 18.4 Å². The van der Waals surface area contributed by atoms with Crippen LogP contribution in [0.4, 0.5) is 0 Å². The molecule has 2 aromatic carbocycles. The second-order valence-corrected chi connectivity index (χ2v) is 4.24. The van der Waals surface area contributed by atoms with E-state index in [1.54, 1.807) is 0 Å². The standard InChI is InChI=1S/C15H17N/c1-3-5-12-8-9-13-6-4-7-14(11(2)16)15(13)10-12/h4,6-10,16H,3,5H2,1-2H3. The van der Waals surface area contributed by atoms with Crippen LogP contribution >= 0.6 is 0 Å². The summed E-state index contributed by atoms with van der Waals surface area (Å²) in [6.45, 7) is 4.04. The maximum Gasteiger partial charge on any atom is 0.0361 e. The van der Waals surface area contributed by atoms with Gasteiger partial charge in [0, 0.05) is 11.3 Å². The van der Waals surface area contributed by atoms with Crippen LogP contribution in [-0.2, 0) is 6.42 Å². The van der Waals surface area contributed by atoms with Gasteiger partial charge in [0.25, 0.3) is 0 Å². The first-order chi connectivity index (χ1) is 7.72. The maximum atomic E-state index is 7.79. The van der Waals surface area contributed by atoms with Gasteiger partial charge >= 0.3 is 0 Å². The molecule has 82 valence electrons. The Hall–Kier alpha value is -1.63.